The first-order valence-corrected chi connectivity index (χ1v) is 5.10. The molecule has 2 nitrogen and oxygen atoms in total. The number of carbonyl (C=O) groups excluding carboxylic acids is 1. The van der Waals surface area contributed by atoms with Crippen LogP contribution in [0.1, 0.15) is 5.56 Å². The summed E-state index contributed by atoms with van der Waals surface area (Å²) in [6.45, 7) is 3.93. The quantitative estimate of drug-likeness (QED) is 0.518. The minimum Gasteiger partial charge on any atom is -0.360 e. The Bertz CT molecular complexity index is 373. The standard InChI is InChI=1S/C9H10NO.C5H5.Fe/c1-2-9(11)10-7-8-5-3-4-6-8;1-2-4-5-3-1;/h2-6H,1,7H2,(H,10,11);1-5H;/q2*-1;+2. The zero-order valence-corrected chi connectivity index (χ0v) is 10.6. The fraction of sp³-hybridized carbons (Fsp3) is 0.0714. The fourth-order valence-corrected chi connectivity index (χ4v) is 1.11. The van der Waals surface area contributed by atoms with E-state index in [0.29, 0.717) is 6.54 Å². The van der Waals surface area contributed by atoms with Gasteiger partial charge < -0.3 is 5.32 Å². The van der Waals surface area contributed by atoms with Crippen molar-refractivity contribution in [3.05, 3.63) is 72.8 Å². The second-order valence-electron chi connectivity index (χ2n) is 3.18. The molecule has 0 heterocycles. The van der Waals surface area contributed by atoms with Crippen molar-refractivity contribution in [3.8, 4) is 0 Å². The molecule has 0 aliphatic rings. The van der Waals surface area contributed by atoms with Crippen LogP contribution in [0.25, 0.3) is 0 Å². The summed E-state index contributed by atoms with van der Waals surface area (Å²) in [6, 6.07) is 17.8. The van der Waals surface area contributed by atoms with Crippen LogP contribution < -0.4 is 5.32 Å². The SMILES string of the molecule is C=CC(=O)NC[c-]1cccc1.[Fe+2].c1cc[cH-]c1. The summed E-state index contributed by atoms with van der Waals surface area (Å²) < 4.78 is 0. The van der Waals surface area contributed by atoms with E-state index >= 15 is 0 Å². The van der Waals surface area contributed by atoms with Crippen molar-refractivity contribution in [2.45, 2.75) is 6.54 Å². The summed E-state index contributed by atoms with van der Waals surface area (Å²) in [6.07, 6.45) is 1.27. The second kappa shape index (κ2) is 9.64. The Morgan fingerprint density at radius 1 is 1.24 bits per heavy atom. The topological polar surface area (TPSA) is 29.1 Å². The van der Waals surface area contributed by atoms with Crippen molar-refractivity contribution in [2.24, 2.45) is 0 Å². The van der Waals surface area contributed by atoms with Crippen molar-refractivity contribution >= 4 is 5.91 Å². The molecule has 0 fully saturated rings. The van der Waals surface area contributed by atoms with Crippen molar-refractivity contribution in [1.82, 2.24) is 5.32 Å². The fourth-order valence-electron chi connectivity index (χ4n) is 1.11. The van der Waals surface area contributed by atoms with E-state index in [1.165, 1.54) is 6.08 Å². The Hall–Kier alpha value is -1.57. The van der Waals surface area contributed by atoms with Gasteiger partial charge in [0.05, 0.1) is 0 Å². The van der Waals surface area contributed by atoms with Gasteiger partial charge in [0.25, 0.3) is 0 Å². The third-order valence-electron chi connectivity index (χ3n) is 1.94. The third kappa shape index (κ3) is 7.34. The first-order chi connectivity index (χ1) is 7.83. The number of hydrogen-bond donors (Lipinski definition) is 1. The summed E-state index contributed by atoms with van der Waals surface area (Å²) in [5.74, 6) is -0.133. The molecular weight excluding hydrogens is 254 g/mol. The first-order valence-electron chi connectivity index (χ1n) is 5.10. The largest absolute Gasteiger partial charge is 2.00 e. The van der Waals surface area contributed by atoms with E-state index in [9.17, 15) is 4.79 Å². The van der Waals surface area contributed by atoms with Crippen LogP contribution in [-0.4, -0.2) is 5.91 Å². The zero-order chi connectivity index (χ0) is 11.6. The average molecular weight is 269 g/mol. The van der Waals surface area contributed by atoms with Crippen LogP contribution in [0.3, 0.4) is 0 Å². The second-order valence-corrected chi connectivity index (χ2v) is 3.18. The Morgan fingerprint density at radius 2 is 1.82 bits per heavy atom. The molecule has 0 saturated heterocycles. The van der Waals surface area contributed by atoms with Crippen molar-refractivity contribution in [1.29, 1.82) is 0 Å². The molecule has 0 atom stereocenters. The third-order valence-corrected chi connectivity index (χ3v) is 1.94. The van der Waals surface area contributed by atoms with Gasteiger partial charge in [0.15, 0.2) is 0 Å². The van der Waals surface area contributed by atoms with Crippen LogP contribution in [0.15, 0.2) is 67.3 Å². The van der Waals surface area contributed by atoms with E-state index in [0.717, 1.165) is 5.56 Å². The van der Waals surface area contributed by atoms with Crippen LogP contribution in [0.2, 0.25) is 0 Å². The van der Waals surface area contributed by atoms with Crippen LogP contribution in [-0.2, 0) is 28.4 Å². The number of carbonyl (C=O) groups is 1. The molecule has 3 heteroatoms. The first kappa shape index (κ1) is 15.4. The number of nitrogens with one attached hydrogen (secondary N) is 1. The molecule has 2 aromatic rings. The van der Waals surface area contributed by atoms with Gasteiger partial charge in [-0.15, -0.1) is 5.56 Å². The monoisotopic (exact) mass is 269 g/mol. The molecule has 0 bridgehead atoms. The predicted octanol–water partition coefficient (Wildman–Crippen LogP) is 2.61. The molecule has 1 N–H and O–H groups in total. The Balaban J connectivity index is 0.000000360. The molecule has 0 saturated carbocycles. The van der Waals surface area contributed by atoms with E-state index in [1.807, 2.05) is 54.6 Å². The van der Waals surface area contributed by atoms with Gasteiger partial charge >= 0.3 is 17.1 Å². The maximum atomic E-state index is 10.7. The summed E-state index contributed by atoms with van der Waals surface area (Å²) >= 11 is 0. The summed E-state index contributed by atoms with van der Waals surface area (Å²) in [7, 11) is 0. The maximum Gasteiger partial charge on any atom is 2.00 e. The smallest absolute Gasteiger partial charge is 0.360 e. The zero-order valence-electron chi connectivity index (χ0n) is 9.45. The van der Waals surface area contributed by atoms with E-state index in [4.69, 9.17) is 0 Å². The van der Waals surface area contributed by atoms with Gasteiger partial charge in [-0.3, -0.25) is 4.79 Å². The normalized spacial score (nSPS) is 8.24. The van der Waals surface area contributed by atoms with E-state index < -0.39 is 0 Å². The van der Waals surface area contributed by atoms with Gasteiger partial charge in [0, 0.05) is 0 Å². The molecule has 0 aliphatic carbocycles. The summed E-state index contributed by atoms with van der Waals surface area (Å²) in [4.78, 5) is 10.7. The molecule has 17 heavy (non-hydrogen) atoms. The molecular formula is C14H15FeNO. The van der Waals surface area contributed by atoms with E-state index in [2.05, 4.69) is 11.9 Å². The molecule has 90 valence electrons. The number of amides is 1. The van der Waals surface area contributed by atoms with Crippen LogP contribution in [0.5, 0.6) is 0 Å². The van der Waals surface area contributed by atoms with Gasteiger partial charge in [0.2, 0.25) is 5.91 Å². The summed E-state index contributed by atoms with van der Waals surface area (Å²) in [5, 5.41) is 2.68. The minimum absolute atomic E-state index is 0. The summed E-state index contributed by atoms with van der Waals surface area (Å²) in [5.41, 5.74) is 1.11. The maximum absolute atomic E-state index is 10.7. The molecule has 1 amide bonds. The number of rotatable bonds is 3. The van der Waals surface area contributed by atoms with Gasteiger partial charge in [-0.2, -0.15) is 30.3 Å². The Labute approximate surface area is 113 Å². The Kier molecular flexibility index (Phi) is 8.75. The molecule has 0 aromatic heterocycles. The molecule has 2 aromatic carbocycles. The number of hydrogen-bond acceptors (Lipinski definition) is 1. The van der Waals surface area contributed by atoms with Gasteiger partial charge in [-0.1, -0.05) is 6.58 Å². The van der Waals surface area contributed by atoms with Crippen molar-refractivity contribution in [2.75, 3.05) is 0 Å². The molecule has 0 unspecified atom stereocenters. The minimum atomic E-state index is -0.133. The van der Waals surface area contributed by atoms with Crippen LogP contribution in [0, 0.1) is 0 Å². The molecule has 0 aliphatic heterocycles. The van der Waals surface area contributed by atoms with Crippen LogP contribution >= 0.6 is 0 Å². The van der Waals surface area contributed by atoms with Crippen LogP contribution in [0.4, 0.5) is 0 Å². The average Bonchev–Trinajstić information content (AvgIpc) is 3.00. The van der Waals surface area contributed by atoms with Gasteiger partial charge in [-0.05, 0) is 12.6 Å². The van der Waals surface area contributed by atoms with Crippen molar-refractivity contribution in [3.63, 3.8) is 0 Å². The van der Waals surface area contributed by atoms with Gasteiger partial charge in [-0.25, -0.2) is 24.3 Å². The predicted molar refractivity (Wildman–Crippen MR) is 66.1 cm³/mol. The van der Waals surface area contributed by atoms with E-state index in [1.54, 1.807) is 0 Å². The Morgan fingerprint density at radius 3 is 2.24 bits per heavy atom. The van der Waals surface area contributed by atoms with Crippen molar-refractivity contribution < 1.29 is 21.9 Å². The van der Waals surface area contributed by atoms with Gasteiger partial charge in [0.1, 0.15) is 0 Å². The molecule has 2 rings (SSSR count). The van der Waals surface area contributed by atoms with E-state index in [-0.39, 0.29) is 23.0 Å². The molecule has 0 spiro atoms. The molecule has 0 radical (unpaired) electrons.